The Morgan fingerprint density at radius 2 is 1.74 bits per heavy atom. The first kappa shape index (κ1) is 19.8. The number of piperazine rings is 1. The van der Waals surface area contributed by atoms with Crippen LogP contribution in [0.4, 0.5) is 14.5 Å². The Hall–Kier alpha value is -3.10. The second-order valence-corrected chi connectivity index (χ2v) is 8.42. The lowest BCUT2D eigenvalue weighted by atomic mass is 10.1. The summed E-state index contributed by atoms with van der Waals surface area (Å²) >= 11 is 1.41. The third kappa shape index (κ3) is 3.96. The number of thiophene rings is 1. The van der Waals surface area contributed by atoms with Gasteiger partial charge in [0.15, 0.2) is 0 Å². The quantitative estimate of drug-likeness (QED) is 0.518. The van der Waals surface area contributed by atoms with Crippen LogP contribution in [0, 0.1) is 11.6 Å². The summed E-state index contributed by atoms with van der Waals surface area (Å²) in [5.41, 5.74) is 1.99. The Morgan fingerprint density at radius 3 is 2.48 bits per heavy atom. The summed E-state index contributed by atoms with van der Waals surface area (Å²) < 4.78 is 27.3. The number of aromatic amines is 1. The number of rotatable bonds is 4. The average Bonchev–Trinajstić information content (AvgIpc) is 3.20. The molecule has 158 valence electrons. The number of nitrogens with one attached hydrogen (secondary N) is 1. The molecule has 0 spiro atoms. The highest BCUT2D eigenvalue weighted by Gasteiger charge is 2.21. The minimum absolute atomic E-state index is 0.189. The second kappa shape index (κ2) is 8.20. The fraction of sp³-hybridized carbons (Fsp3) is 0.217. The number of fused-ring (bicyclic) bond motifs is 1. The van der Waals surface area contributed by atoms with Gasteiger partial charge in [0.2, 0.25) is 0 Å². The number of halogens is 2. The number of hydrogen-bond donors (Lipinski definition) is 1. The molecule has 0 atom stereocenters. The predicted octanol–water partition coefficient (Wildman–Crippen LogP) is 4.25. The fourth-order valence-electron chi connectivity index (χ4n) is 3.98. The van der Waals surface area contributed by atoms with E-state index in [0.29, 0.717) is 41.4 Å². The average molecular weight is 439 g/mol. The molecule has 3 heterocycles. The van der Waals surface area contributed by atoms with Gasteiger partial charge in [-0.25, -0.2) is 13.8 Å². The van der Waals surface area contributed by atoms with Gasteiger partial charge in [-0.05, 0) is 29.8 Å². The van der Waals surface area contributed by atoms with Crippen LogP contribution in [0.3, 0.4) is 0 Å². The van der Waals surface area contributed by atoms with Crippen molar-refractivity contribution in [3.8, 4) is 11.1 Å². The largest absolute Gasteiger partial charge is 0.367 e. The number of hydrogen-bond acceptors (Lipinski definition) is 5. The molecular weight excluding hydrogens is 418 g/mol. The normalized spacial score (nSPS) is 15.0. The summed E-state index contributed by atoms with van der Waals surface area (Å²) in [4.78, 5) is 25.3. The van der Waals surface area contributed by atoms with Crippen LogP contribution in [-0.4, -0.2) is 41.0 Å². The van der Waals surface area contributed by atoms with Crippen LogP contribution < -0.4 is 10.5 Å². The lowest BCUT2D eigenvalue weighted by Crippen LogP contribution is -2.46. The molecule has 2 aromatic carbocycles. The molecule has 8 heteroatoms. The third-order valence-corrected chi connectivity index (χ3v) is 6.46. The molecular formula is C23H20F2N4OS. The zero-order valence-electron chi connectivity index (χ0n) is 16.6. The SMILES string of the molecule is O=c1[nH]c(CN2CCN(c3ccccc3F)CC2)nc2scc(-c3ccc(F)cc3)c12. The van der Waals surface area contributed by atoms with Crippen molar-refractivity contribution in [1.29, 1.82) is 0 Å². The van der Waals surface area contributed by atoms with Crippen LogP contribution in [0.1, 0.15) is 5.82 Å². The maximum Gasteiger partial charge on any atom is 0.260 e. The summed E-state index contributed by atoms with van der Waals surface area (Å²) in [6.45, 7) is 3.45. The molecule has 0 radical (unpaired) electrons. The van der Waals surface area contributed by atoms with Gasteiger partial charge in [0.1, 0.15) is 22.3 Å². The minimum Gasteiger partial charge on any atom is -0.367 e. The summed E-state index contributed by atoms with van der Waals surface area (Å²) in [5, 5.41) is 2.42. The number of benzene rings is 2. The molecule has 1 saturated heterocycles. The van der Waals surface area contributed by atoms with E-state index >= 15 is 0 Å². The molecule has 5 nitrogen and oxygen atoms in total. The van der Waals surface area contributed by atoms with Gasteiger partial charge in [-0.1, -0.05) is 24.3 Å². The van der Waals surface area contributed by atoms with E-state index in [0.717, 1.165) is 24.2 Å². The molecule has 5 rings (SSSR count). The van der Waals surface area contributed by atoms with E-state index in [2.05, 4.69) is 14.9 Å². The van der Waals surface area contributed by atoms with Gasteiger partial charge in [-0.3, -0.25) is 9.69 Å². The first-order valence-electron chi connectivity index (χ1n) is 10.1. The van der Waals surface area contributed by atoms with Gasteiger partial charge >= 0.3 is 0 Å². The minimum atomic E-state index is -0.312. The van der Waals surface area contributed by atoms with Crippen LogP contribution in [0.2, 0.25) is 0 Å². The molecule has 2 aromatic heterocycles. The van der Waals surface area contributed by atoms with E-state index in [1.165, 1.54) is 29.5 Å². The summed E-state index contributed by atoms with van der Waals surface area (Å²) in [7, 11) is 0. The van der Waals surface area contributed by atoms with Crippen molar-refractivity contribution in [2.24, 2.45) is 0 Å². The summed E-state index contributed by atoms with van der Waals surface area (Å²) in [5.74, 6) is 0.0964. The Morgan fingerprint density at radius 1 is 1.00 bits per heavy atom. The van der Waals surface area contributed by atoms with Crippen LogP contribution in [0.5, 0.6) is 0 Å². The highest BCUT2D eigenvalue weighted by atomic mass is 32.1. The fourth-order valence-corrected chi connectivity index (χ4v) is 4.94. The summed E-state index contributed by atoms with van der Waals surface area (Å²) in [6.07, 6.45) is 0. The molecule has 1 N–H and O–H groups in total. The van der Waals surface area contributed by atoms with E-state index in [1.54, 1.807) is 24.3 Å². The zero-order chi connectivity index (χ0) is 21.4. The lowest BCUT2D eigenvalue weighted by molar-refractivity contribution is 0.243. The first-order valence-corrected chi connectivity index (χ1v) is 10.9. The van der Waals surface area contributed by atoms with Gasteiger partial charge in [-0.2, -0.15) is 0 Å². The van der Waals surface area contributed by atoms with Gasteiger partial charge in [-0.15, -0.1) is 11.3 Å². The molecule has 31 heavy (non-hydrogen) atoms. The highest BCUT2D eigenvalue weighted by molar-refractivity contribution is 7.17. The van der Waals surface area contributed by atoms with Crippen molar-refractivity contribution in [3.63, 3.8) is 0 Å². The molecule has 1 aliphatic rings. The number of para-hydroxylation sites is 1. The maximum atomic E-state index is 14.0. The molecule has 0 amide bonds. The van der Waals surface area contributed by atoms with Crippen molar-refractivity contribution < 1.29 is 8.78 Å². The summed E-state index contributed by atoms with van der Waals surface area (Å²) in [6, 6.07) is 12.9. The van der Waals surface area contributed by atoms with Crippen LogP contribution in [0.25, 0.3) is 21.3 Å². The Kier molecular flexibility index (Phi) is 5.25. The lowest BCUT2D eigenvalue weighted by Gasteiger charge is -2.35. The van der Waals surface area contributed by atoms with Crippen molar-refractivity contribution in [3.05, 3.63) is 81.7 Å². The molecule has 1 fully saturated rings. The molecule has 0 bridgehead atoms. The maximum absolute atomic E-state index is 14.0. The molecule has 0 saturated carbocycles. The zero-order valence-corrected chi connectivity index (χ0v) is 17.5. The van der Waals surface area contributed by atoms with Gasteiger partial charge in [0.05, 0.1) is 17.6 Å². The number of nitrogens with zero attached hydrogens (tertiary/aromatic N) is 3. The smallest absolute Gasteiger partial charge is 0.260 e. The van der Waals surface area contributed by atoms with E-state index < -0.39 is 0 Å². The number of H-pyrrole nitrogens is 1. The van der Waals surface area contributed by atoms with E-state index in [4.69, 9.17) is 0 Å². The van der Waals surface area contributed by atoms with Crippen molar-refractivity contribution in [2.75, 3.05) is 31.1 Å². The van der Waals surface area contributed by atoms with Crippen molar-refractivity contribution >= 4 is 27.2 Å². The standard InChI is InChI=1S/C23H20F2N4OS/c24-16-7-5-15(6-8-16)17-14-31-23-21(17)22(30)26-20(27-23)13-28-9-11-29(12-10-28)19-4-2-1-3-18(19)25/h1-8,14H,9-13H2,(H,26,27,30). The molecule has 4 aromatic rings. The number of aromatic nitrogens is 2. The van der Waals surface area contributed by atoms with Crippen LogP contribution >= 0.6 is 11.3 Å². The van der Waals surface area contributed by atoms with Gasteiger partial charge in [0, 0.05) is 37.1 Å². The van der Waals surface area contributed by atoms with Crippen molar-refractivity contribution in [2.45, 2.75) is 6.54 Å². The molecule has 0 unspecified atom stereocenters. The third-order valence-electron chi connectivity index (χ3n) is 5.59. The van der Waals surface area contributed by atoms with Crippen LogP contribution in [0.15, 0.2) is 58.7 Å². The topological polar surface area (TPSA) is 52.2 Å². The second-order valence-electron chi connectivity index (χ2n) is 7.56. The Balaban J connectivity index is 1.32. The molecule has 0 aliphatic carbocycles. The van der Waals surface area contributed by atoms with Gasteiger partial charge in [0.25, 0.3) is 5.56 Å². The van der Waals surface area contributed by atoms with E-state index in [9.17, 15) is 13.6 Å². The van der Waals surface area contributed by atoms with E-state index in [-0.39, 0.29) is 17.2 Å². The molecule has 1 aliphatic heterocycles. The van der Waals surface area contributed by atoms with E-state index in [1.807, 2.05) is 16.3 Å². The first-order chi connectivity index (χ1) is 15.1. The van der Waals surface area contributed by atoms with Crippen LogP contribution in [-0.2, 0) is 6.54 Å². The van der Waals surface area contributed by atoms with Gasteiger partial charge < -0.3 is 9.88 Å². The monoisotopic (exact) mass is 438 g/mol. The Bertz CT molecular complexity index is 1280. The highest BCUT2D eigenvalue weighted by Crippen LogP contribution is 2.31. The number of anilines is 1. The Labute approximate surface area is 181 Å². The predicted molar refractivity (Wildman–Crippen MR) is 120 cm³/mol. The van der Waals surface area contributed by atoms with Crippen molar-refractivity contribution in [1.82, 2.24) is 14.9 Å².